The predicted octanol–water partition coefficient (Wildman–Crippen LogP) is 2.90. The fraction of sp³-hybridized carbons (Fsp3) is 0.167. The fourth-order valence-corrected chi connectivity index (χ4v) is 1.50. The third-order valence-corrected chi connectivity index (χ3v) is 2.39. The van der Waals surface area contributed by atoms with Gasteiger partial charge in [0.2, 0.25) is 0 Å². The number of aryl methyl sites for hydroxylation is 2. The van der Waals surface area contributed by atoms with Crippen LogP contribution in [0, 0.1) is 19.7 Å². The van der Waals surface area contributed by atoms with E-state index in [1.54, 1.807) is 31.6 Å². The number of aromatic nitrogens is 2. The molecular formula is C12H11FN2. The summed E-state index contributed by atoms with van der Waals surface area (Å²) in [6, 6.07) is 3.54. The standard InChI is InChI=1S/C12H11FN2/c1-8-3-5-14-7-11(8)10-4-6-15-9(2)12(10)13/h3-7H,1-2H3. The Morgan fingerprint density at radius 2 is 1.87 bits per heavy atom. The molecule has 2 aromatic rings. The molecule has 76 valence electrons. The summed E-state index contributed by atoms with van der Waals surface area (Å²) in [6.07, 6.45) is 4.98. The number of hydrogen-bond donors (Lipinski definition) is 0. The highest BCUT2D eigenvalue weighted by molar-refractivity contribution is 5.66. The molecule has 0 saturated carbocycles. The Morgan fingerprint density at radius 1 is 1.07 bits per heavy atom. The van der Waals surface area contributed by atoms with E-state index in [-0.39, 0.29) is 5.82 Å². The van der Waals surface area contributed by atoms with Crippen molar-refractivity contribution in [1.29, 1.82) is 0 Å². The molecule has 0 saturated heterocycles. The van der Waals surface area contributed by atoms with Gasteiger partial charge in [0.25, 0.3) is 0 Å². The molecule has 3 heteroatoms. The van der Waals surface area contributed by atoms with Crippen LogP contribution in [0.1, 0.15) is 11.3 Å². The molecule has 2 aromatic heterocycles. The van der Waals surface area contributed by atoms with Gasteiger partial charge in [-0.1, -0.05) is 0 Å². The summed E-state index contributed by atoms with van der Waals surface area (Å²) < 4.78 is 13.8. The maximum absolute atomic E-state index is 13.8. The van der Waals surface area contributed by atoms with Gasteiger partial charge in [-0.05, 0) is 31.5 Å². The number of nitrogens with zero attached hydrogens (tertiary/aromatic N) is 2. The second-order valence-electron chi connectivity index (χ2n) is 3.45. The summed E-state index contributed by atoms with van der Waals surface area (Å²) >= 11 is 0. The summed E-state index contributed by atoms with van der Waals surface area (Å²) in [5.74, 6) is -0.270. The zero-order chi connectivity index (χ0) is 10.8. The van der Waals surface area contributed by atoms with Crippen molar-refractivity contribution in [2.45, 2.75) is 13.8 Å². The van der Waals surface area contributed by atoms with E-state index in [9.17, 15) is 4.39 Å². The first kappa shape index (κ1) is 9.77. The molecule has 2 rings (SSSR count). The van der Waals surface area contributed by atoms with E-state index in [1.807, 2.05) is 13.0 Å². The summed E-state index contributed by atoms with van der Waals surface area (Å²) in [5.41, 5.74) is 2.80. The van der Waals surface area contributed by atoms with Crippen molar-refractivity contribution in [2.24, 2.45) is 0 Å². The van der Waals surface area contributed by atoms with Crippen molar-refractivity contribution in [3.8, 4) is 11.1 Å². The van der Waals surface area contributed by atoms with Crippen LogP contribution >= 0.6 is 0 Å². The van der Waals surface area contributed by atoms with Gasteiger partial charge in [0.15, 0.2) is 5.82 Å². The Hall–Kier alpha value is -1.77. The summed E-state index contributed by atoms with van der Waals surface area (Å²) in [7, 11) is 0. The molecule has 0 spiro atoms. The highest BCUT2D eigenvalue weighted by atomic mass is 19.1. The SMILES string of the molecule is Cc1ccncc1-c1ccnc(C)c1F. The van der Waals surface area contributed by atoms with E-state index in [1.165, 1.54) is 0 Å². The molecule has 0 amide bonds. The van der Waals surface area contributed by atoms with Crippen LogP contribution in [-0.4, -0.2) is 9.97 Å². The Kier molecular flexibility index (Phi) is 2.46. The van der Waals surface area contributed by atoms with Crippen LogP contribution in [0.4, 0.5) is 4.39 Å². The molecule has 0 aliphatic rings. The first-order valence-corrected chi connectivity index (χ1v) is 4.72. The molecule has 0 bridgehead atoms. The molecule has 0 N–H and O–H groups in total. The van der Waals surface area contributed by atoms with Crippen LogP contribution in [0.15, 0.2) is 30.7 Å². The first-order chi connectivity index (χ1) is 7.20. The van der Waals surface area contributed by atoms with Crippen molar-refractivity contribution in [3.63, 3.8) is 0 Å². The highest BCUT2D eigenvalue weighted by Gasteiger charge is 2.09. The van der Waals surface area contributed by atoms with E-state index >= 15 is 0 Å². The minimum Gasteiger partial charge on any atom is -0.264 e. The molecule has 15 heavy (non-hydrogen) atoms. The zero-order valence-corrected chi connectivity index (χ0v) is 8.66. The summed E-state index contributed by atoms with van der Waals surface area (Å²) in [5, 5.41) is 0. The Morgan fingerprint density at radius 3 is 2.60 bits per heavy atom. The van der Waals surface area contributed by atoms with Gasteiger partial charge in [0, 0.05) is 29.7 Å². The molecule has 2 nitrogen and oxygen atoms in total. The van der Waals surface area contributed by atoms with E-state index < -0.39 is 0 Å². The molecule has 0 unspecified atom stereocenters. The molecule has 0 fully saturated rings. The number of pyridine rings is 2. The second-order valence-corrected chi connectivity index (χ2v) is 3.45. The summed E-state index contributed by atoms with van der Waals surface area (Å²) in [4.78, 5) is 7.90. The molecule has 0 aliphatic heterocycles. The van der Waals surface area contributed by atoms with Gasteiger partial charge in [-0.3, -0.25) is 9.97 Å². The monoisotopic (exact) mass is 202 g/mol. The minimum atomic E-state index is -0.270. The maximum Gasteiger partial charge on any atom is 0.152 e. The second kappa shape index (κ2) is 3.77. The predicted molar refractivity (Wildman–Crippen MR) is 56.9 cm³/mol. The van der Waals surface area contributed by atoms with Gasteiger partial charge in [-0.15, -0.1) is 0 Å². The van der Waals surface area contributed by atoms with E-state index in [4.69, 9.17) is 0 Å². The number of rotatable bonds is 1. The van der Waals surface area contributed by atoms with Gasteiger partial charge in [-0.25, -0.2) is 4.39 Å². The van der Waals surface area contributed by atoms with Gasteiger partial charge in [0.1, 0.15) is 0 Å². The van der Waals surface area contributed by atoms with Crippen LogP contribution in [0.3, 0.4) is 0 Å². The van der Waals surface area contributed by atoms with Crippen LogP contribution in [-0.2, 0) is 0 Å². The highest BCUT2D eigenvalue weighted by Crippen LogP contribution is 2.25. The van der Waals surface area contributed by atoms with Crippen molar-refractivity contribution >= 4 is 0 Å². The summed E-state index contributed by atoms with van der Waals surface area (Å²) in [6.45, 7) is 3.59. The van der Waals surface area contributed by atoms with E-state index in [0.29, 0.717) is 11.3 Å². The van der Waals surface area contributed by atoms with Gasteiger partial charge < -0.3 is 0 Å². The molecular weight excluding hydrogens is 191 g/mol. The Labute approximate surface area is 87.8 Å². The Balaban J connectivity index is 2.65. The minimum absolute atomic E-state index is 0.270. The number of hydrogen-bond acceptors (Lipinski definition) is 2. The van der Waals surface area contributed by atoms with Gasteiger partial charge in [-0.2, -0.15) is 0 Å². The number of halogens is 1. The fourth-order valence-electron chi connectivity index (χ4n) is 1.50. The van der Waals surface area contributed by atoms with Gasteiger partial charge in [0.05, 0.1) is 5.69 Å². The quantitative estimate of drug-likeness (QED) is 0.710. The van der Waals surface area contributed by atoms with E-state index in [2.05, 4.69) is 9.97 Å². The van der Waals surface area contributed by atoms with Crippen LogP contribution in [0.25, 0.3) is 11.1 Å². The average Bonchev–Trinajstić information content (AvgIpc) is 2.23. The lowest BCUT2D eigenvalue weighted by molar-refractivity contribution is 0.613. The van der Waals surface area contributed by atoms with Crippen molar-refractivity contribution in [3.05, 3.63) is 47.8 Å². The molecule has 2 heterocycles. The smallest absolute Gasteiger partial charge is 0.152 e. The first-order valence-electron chi connectivity index (χ1n) is 4.72. The third kappa shape index (κ3) is 1.73. The lowest BCUT2D eigenvalue weighted by Gasteiger charge is -2.07. The largest absolute Gasteiger partial charge is 0.264 e. The third-order valence-electron chi connectivity index (χ3n) is 2.39. The maximum atomic E-state index is 13.8. The van der Waals surface area contributed by atoms with Crippen LogP contribution in [0.5, 0.6) is 0 Å². The lowest BCUT2D eigenvalue weighted by Crippen LogP contribution is -1.93. The normalized spacial score (nSPS) is 10.3. The van der Waals surface area contributed by atoms with Crippen molar-refractivity contribution < 1.29 is 4.39 Å². The molecule has 0 radical (unpaired) electrons. The van der Waals surface area contributed by atoms with Crippen molar-refractivity contribution in [1.82, 2.24) is 9.97 Å². The van der Waals surface area contributed by atoms with Gasteiger partial charge >= 0.3 is 0 Å². The van der Waals surface area contributed by atoms with Crippen LogP contribution in [0.2, 0.25) is 0 Å². The molecule has 0 aromatic carbocycles. The molecule has 0 aliphatic carbocycles. The van der Waals surface area contributed by atoms with Crippen molar-refractivity contribution in [2.75, 3.05) is 0 Å². The Bertz CT molecular complexity index is 495. The lowest BCUT2D eigenvalue weighted by atomic mass is 10.0. The van der Waals surface area contributed by atoms with E-state index in [0.717, 1.165) is 11.1 Å². The van der Waals surface area contributed by atoms with Crippen LogP contribution < -0.4 is 0 Å². The average molecular weight is 202 g/mol. The molecule has 0 atom stereocenters. The zero-order valence-electron chi connectivity index (χ0n) is 8.66. The topological polar surface area (TPSA) is 25.8 Å².